The molecule has 2 heterocycles. The zero-order valence-corrected chi connectivity index (χ0v) is 10.3. The van der Waals surface area contributed by atoms with E-state index in [1.807, 2.05) is 11.8 Å². The van der Waals surface area contributed by atoms with Gasteiger partial charge in [-0.25, -0.2) is 9.78 Å². The van der Waals surface area contributed by atoms with Crippen molar-refractivity contribution in [1.29, 1.82) is 0 Å². The fraction of sp³-hybridized carbons (Fsp3) is 0.455. The molecule has 1 saturated heterocycles. The first-order valence-corrected chi connectivity index (χ1v) is 5.22. The Morgan fingerprint density at radius 3 is 3.06 bits per heavy atom. The lowest BCUT2D eigenvalue weighted by molar-refractivity contribution is 0.0529. The van der Waals surface area contributed by atoms with Crippen LogP contribution in [-0.4, -0.2) is 41.9 Å². The molecule has 0 aliphatic carbocycles. The highest BCUT2D eigenvalue weighted by Crippen LogP contribution is 2.16. The van der Waals surface area contributed by atoms with Crippen LogP contribution in [0.4, 0.5) is 5.82 Å². The maximum Gasteiger partial charge on any atom is 0.335 e. The largest absolute Gasteiger partial charge is 0.478 e. The van der Waals surface area contributed by atoms with E-state index in [0.717, 1.165) is 13.1 Å². The second-order valence-electron chi connectivity index (χ2n) is 3.84. The van der Waals surface area contributed by atoms with E-state index in [1.54, 1.807) is 6.07 Å². The zero-order chi connectivity index (χ0) is 11.5. The Morgan fingerprint density at radius 1 is 1.65 bits per heavy atom. The number of carbonyl (C=O) groups is 1. The molecule has 17 heavy (non-hydrogen) atoms. The van der Waals surface area contributed by atoms with Crippen molar-refractivity contribution in [3.05, 3.63) is 23.9 Å². The Kier molecular flexibility index (Phi) is 4.72. The zero-order valence-electron chi connectivity index (χ0n) is 9.50. The highest BCUT2D eigenvalue weighted by atomic mass is 35.5. The molecule has 1 unspecified atom stereocenters. The van der Waals surface area contributed by atoms with Crippen LogP contribution < -0.4 is 4.90 Å². The molecule has 94 valence electrons. The minimum atomic E-state index is -0.926. The number of pyridine rings is 1. The summed E-state index contributed by atoms with van der Waals surface area (Å²) in [5.41, 5.74) is 0.268. The van der Waals surface area contributed by atoms with Gasteiger partial charge in [0.2, 0.25) is 0 Å². The van der Waals surface area contributed by atoms with E-state index in [0.29, 0.717) is 12.4 Å². The van der Waals surface area contributed by atoms with E-state index < -0.39 is 5.97 Å². The van der Waals surface area contributed by atoms with Gasteiger partial charge >= 0.3 is 5.97 Å². The van der Waals surface area contributed by atoms with Crippen LogP contribution in [0.1, 0.15) is 17.3 Å². The summed E-state index contributed by atoms with van der Waals surface area (Å²) in [6, 6.07) is 3.09. The number of hydrogen-bond donors (Lipinski definition) is 1. The van der Waals surface area contributed by atoms with Gasteiger partial charge in [0.25, 0.3) is 0 Å². The van der Waals surface area contributed by atoms with E-state index in [-0.39, 0.29) is 24.1 Å². The predicted octanol–water partition coefficient (Wildman–Crippen LogP) is 1.43. The lowest BCUT2D eigenvalue weighted by Crippen LogP contribution is -2.41. The Labute approximate surface area is 106 Å². The summed E-state index contributed by atoms with van der Waals surface area (Å²) in [4.78, 5) is 17.1. The number of rotatable bonds is 2. The molecule has 1 N–H and O–H groups in total. The molecule has 0 aromatic carbocycles. The summed E-state index contributed by atoms with van der Waals surface area (Å²) >= 11 is 0. The Balaban J connectivity index is 0.00000144. The van der Waals surface area contributed by atoms with Crippen LogP contribution in [0, 0.1) is 0 Å². The van der Waals surface area contributed by atoms with Crippen molar-refractivity contribution in [2.75, 3.05) is 24.6 Å². The average Bonchev–Trinajstić information content (AvgIpc) is 2.29. The van der Waals surface area contributed by atoms with Gasteiger partial charge < -0.3 is 14.7 Å². The van der Waals surface area contributed by atoms with Crippen molar-refractivity contribution in [2.45, 2.75) is 13.0 Å². The molecule has 1 atom stereocenters. The SMILES string of the molecule is CC1CN(c2cc(C(=O)O)ccn2)CCO1.Cl. The number of aromatic carboxylic acids is 1. The summed E-state index contributed by atoms with van der Waals surface area (Å²) in [5.74, 6) is -0.222. The number of morpholine rings is 1. The lowest BCUT2D eigenvalue weighted by atomic mass is 10.2. The van der Waals surface area contributed by atoms with Gasteiger partial charge in [-0.1, -0.05) is 0 Å². The molecule has 1 fully saturated rings. The average molecular weight is 259 g/mol. The smallest absolute Gasteiger partial charge is 0.335 e. The van der Waals surface area contributed by atoms with E-state index >= 15 is 0 Å². The Morgan fingerprint density at radius 2 is 2.41 bits per heavy atom. The number of carboxylic acid groups (broad SMARTS) is 1. The van der Waals surface area contributed by atoms with Crippen molar-refractivity contribution < 1.29 is 14.6 Å². The number of hydrogen-bond acceptors (Lipinski definition) is 4. The van der Waals surface area contributed by atoms with Crippen LogP contribution >= 0.6 is 12.4 Å². The lowest BCUT2D eigenvalue weighted by Gasteiger charge is -2.32. The van der Waals surface area contributed by atoms with Crippen LogP contribution in [-0.2, 0) is 4.74 Å². The third-order valence-electron chi connectivity index (χ3n) is 2.56. The van der Waals surface area contributed by atoms with E-state index in [4.69, 9.17) is 9.84 Å². The Bertz CT molecular complexity index is 400. The number of carboxylic acids is 1. The topological polar surface area (TPSA) is 62.7 Å². The molecule has 2 rings (SSSR count). The molecule has 5 nitrogen and oxygen atoms in total. The first-order valence-electron chi connectivity index (χ1n) is 5.22. The van der Waals surface area contributed by atoms with Crippen molar-refractivity contribution in [3.63, 3.8) is 0 Å². The number of nitrogens with zero attached hydrogens (tertiary/aromatic N) is 2. The molecular formula is C11H15ClN2O3. The maximum atomic E-state index is 10.8. The summed E-state index contributed by atoms with van der Waals surface area (Å²) < 4.78 is 5.42. The van der Waals surface area contributed by atoms with Crippen LogP contribution in [0.2, 0.25) is 0 Å². The third-order valence-corrected chi connectivity index (χ3v) is 2.56. The molecular weight excluding hydrogens is 244 g/mol. The van der Waals surface area contributed by atoms with Gasteiger partial charge in [-0.3, -0.25) is 0 Å². The van der Waals surface area contributed by atoms with Gasteiger partial charge in [-0.05, 0) is 19.1 Å². The second kappa shape index (κ2) is 5.84. The van der Waals surface area contributed by atoms with Crippen LogP contribution in [0.15, 0.2) is 18.3 Å². The summed E-state index contributed by atoms with van der Waals surface area (Å²) in [6.07, 6.45) is 1.68. The van der Waals surface area contributed by atoms with Gasteiger partial charge in [0.15, 0.2) is 0 Å². The van der Waals surface area contributed by atoms with Crippen LogP contribution in [0.5, 0.6) is 0 Å². The van der Waals surface area contributed by atoms with Gasteiger partial charge in [0.1, 0.15) is 5.82 Å². The molecule has 0 radical (unpaired) electrons. The Hall–Kier alpha value is -1.33. The first kappa shape index (κ1) is 13.7. The molecule has 0 amide bonds. The molecule has 1 aromatic rings. The van der Waals surface area contributed by atoms with Gasteiger partial charge in [-0.15, -0.1) is 12.4 Å². The molecule has 0 bridgehead atoms. The van der Waals surface area contributed by atoms with Gasteiger partial charge in [-0.2, -0.15) is 0 Å². The summed E-state index contributed by atoms with van der Waals surface area (Å²) in [5, 5.41) is 8.89. The van der Waals surface area contributed by atoms with E-state index in [9.17, 15) is 4.79 Å². The highest BCUT2D eigenvalue weighted by Gasteiger charge is 2.18. The molecule has 1 aliphatic rings. The second-order valence-corrected chi connectivity index (χ2v) is 3.84. The van der Waals surface area contributed by atoms with Crippen molar-refractivity contribution >= 4 is 24.2 Å². The summed E-state index contributed by atoms with van der Waals surface area (Å²) in [7, 11) is 0. The standard InChI is InChI=1S/C11H14N2O3.ClH/c1-8-7-13(4-5-16-8)10-6-9(11(14)15)2-3-12-10;/h2-3,6,8H,4-5,7H2,1H3,(H,14,15);1H. The first-order chi connectivity index (χ1) is 7.66. The normalized spacial score (nSPS) is 19.6. The van der Waals surface area contributed by atoms with Gasteiger partial charge in [0.05, 0.1) is 18.3 Å². The number of aromatic nitrogens is 1. The van der Waals surface area contributed by atoms with Gasteiger partial charge in [0, 0.05) is 19.3 Å². The van der Waals surface area contributed by atoms with Crippen molar-refractivity contribution in [2.24, 2.45) is 0 Å². The molecule has 1 aromatic heterocycles. The minimum absolute atomic E-state index is 0. The predicted molar refractivity (Wildman–Crippen MR) is 66.1 cm³/mol. The fourth-order valence-corrected chi connectivity index (χ4v) is 1.75. The van der Waals surface area contributed by atoms with Crippen LogP contribution in [0.3, 0.4) is 0 Å². The van der Waals surface area contributed by atoms with E-state index in [2.05, 4.69) is 4.98 Å². The number of anilines is 1. The van der Waals surface area contributed by atoms with Crippen molar-refractivity contribution in [3.8, 4) is 0 Å². The van der Waals surface area contributed by atoms with Crippen molar-refractivity contribution in [1.82, 2.24) is 4.98 Å². The monoisotopic (exact) mass is 258 g/mol. The number of ether oxygens (including phenoxy) is 1. The van der Waals surface area contributed by atoms with Crippen LogP contribution in [0.25, 0.3) is 0 Å². The fourth-order valence-electron chi connectivity index (χ4n) is 1.75. The quantitative estimate of drug-likeness (QED) is 0.869. The highest BCUT2D eigenvalue weighted by molar-refractivity contribution is 5.88. The minimum Gasteiger partial charge on any atom is -0.478 e. The molecule has 0 spiro atoms. The molecule has 0 saturated carbocycles. The maximum absolute atomic E-state index is 10.8. The summed E-state index contributed by atoms with van der Waals surface area (Å²) in [6.45, 7) is 4.14. The number of halogens is 1. The van der Waals surface area contributed by atoms with E-state index in [1.165, 1.54) is 12.3 Å². The third kappa shape index (κ3) is 3.31. The molecule has 1 aliphatic heterocycles. The molecule has 6 heteroatoms.